The monoisotopic (exact) mass is 266 g/mol. The lowest BCUT2D eigenvalue weighted by atomic mass is 10.6. The summed E-state index contributed by atoms with van der Waals surface area (Å²) in [5, 5.41) is 2.63. The Labute approximate surface area is 99.9 Å². The van der Waals surface area contributed by atoms with Crippen LogP contribution in [0.5, 0.6) is 0 Å². The van der Waals surface area contributed by atoms with Crippen LogP contribution < -0.4 is 5.32 Å². The summed E-state index contributed by atoms with van der Waals surface area (Å²) >= 11 is 11.9. The molecular weight excluding hydrogens is 260 g/mol. The van der Waals surface area contributed by atoms with E-state index in [0.717, 1.165) is 0 Å². The summed E-state index contributed by atoms with van der Waals surface area (Å²) in [6, 6.07) is 0. The molecule has 0 saturated carbocycles. The molecule has 2 saturated heterocycles. The second-order valence-corrected chi connectivity index (χ2v) is 6.46. The van der Waals surface area contributed by atoms with Gasteiger partial charge < -0.3 is 5.32 Å². The lowest BCUT2D eigenvalue weighted by Gasteiger charge is -2.31. The minimum atomic E-state index is -0.977. The maximum atomic E-state index is 11.5. The molecule has 2 amide bonds. The van der Waals surface area contributed by atoms with Crippen molar-refractivity contribution in [3.63, 3.8) is 0 Å². The molecule has 1 atom stereocenters. The van der Waals surface area contributed by atoms with Gasteiger partial charge in [-0.1, -0.05) is 35.7 Å². The summed E-state index contributed by atoms with van der Waals surface area (Å²) in [7, 11) is 0. The summed E-state index contributed by atoms with van der Waals surface area (Å²) in [5.74, 6) is 0.403. The first-order chi connectivity index (χ1) is 6.53. The molecule has 1 unspecified atom stereocenters. The van der Waals surface area contributed by atoms with Gasteiger partial charge in [0.25, 0.3) is 0 Å². The van der Waals surface area contributed by atoms with Gasteiger partial charge in [0.05, 0.1) is 11.5 Å². The molecule has 2 aliphatic rings. The van der Waals surface area contributed by atoms with Gasteiger partial charge in [0.1, 0.15) is 4.32 Å². The van der Waals surface area contributed by atoms with Crippen LogP contribution in [0.2, 0.25) is 0 Å². The Hall–Kier alpha value is 0.0800. The predicted octanol–water partition coefficient (Wildman–Crippen LogP) is 0.251. The molecular formula is C6H6N2O2S4. The standard InChI is InChI=1S/C6H6N2O2S4/c9-3-1-14-6(12,7-3)8-4(10)2-13-5(8)11/h12H,1-2H2,(H,7,9). The molecule has 1 N–H and O–H groups in total. The Morgan fingerprint density at radius 2 is 2.21 bits per heavy atom. The van der Waals surface area contributed by atoms with Crippen molar-refractivity contribution in [2.24, 2.45) is 0 Å². The third kappa shape index (κ3) is 1.64. The van der Waals surface area contributed by atoms with Gasteiger partial charge in [-0.25, -0.2) is 0 Å². The van der Waals surface area contributed by atoms with Crippen molar-refractivity contribution in [2.45, 2.75) is 4.33 Å². The summed E-state index contributed by atoms with van der Waals surface area (Å²) in [6.07, 6.45) is 0. The van der Waals surface area contributed by atoms with E-state index < -0.39 is 4.33 Å². The van der Waals surface area contributed by atoms with E-state index in [2.05, 4.69) is 17.9 Å². The van der Waals surface area contributed by atoms with E-state index in [9.17, 15) is 9.59 Å². The SMILES string of the molecule is O=C1CSC(S)(N2C(=O)CSC2=S)N1. The highest BCUT2D eigenvalue weighted by Crippen LogP contribution is 2.39. The molecule has 0 spiro atoms. The fourth-order valence-corrected chi connectivity index (χ4v) is 4.04. The van der Waals surface area contributed by atoms with Crippen molar-refractivity contribution in [2.75, 3.05) is 11.5 Å². The zero-order chi connectivity index (χ0) is 10.3. The van der Waals surface area contributed by atoms with E-state index >= 15 is 0 Å². The zero-order valence-electron chi connectivity index (χ0n) is 6.85. The number of rotatable bonds is 1. The van der Waals surface area contributed by atoms with Crippen molar-refractivity contribution in [3.05, 3.63) is 0 Å². The smallest absolute Gasteiger partial charge is 0.241 e. The number of carbonyl (C=O) groups is 2. The lowest BCUT2D eigenvalue weighted by molar-refractivity contribution is -0.126. The Bertz CT molecular complexity index is 318. The Morgan fingerprint density at radius 3 is 2.64 bits per heavy atom. The highest BCUT2D eigenvalue weighted by atomic mass is 32.2. The molecule has 2 aliphatic heterocycles. The molecule has 0 radical (unpaired) electrons. The number of thiocarbonyl (C=S) groups is 1. The summed E-state index contributed by atoms with van der Waals surface area (Å²) < 4.78 is -0.505. The normalized spacial score (nSPS) is 32.6. The van der Waals surface area contributed by atoms with Crippen molar-refractivity contribution in [3.8, 4) is 0 Å². The molecule has 0 aromatic heterocycles. The Morgan fingerprint density at radius 1 is 1.50 bits per heavy atom. The van der Waals surface area contributed by atoms with Crippen LogP contribution in [0.4, 0.5) is 0 Å². The molecule has 14 heavy (non-hydrogen) atoms. The number of carbonyl (C=O) groups excluding carboxylic acids is 2. The van der Waals surface area contributed by atoms with Crippen molar-refractivity contribution in [1.29, 1.82) is 0 Å². The van der Waals surface area contributed by atoms with Gasteiger partial charge in [0, 0.05) is 0 Å². The Kier molecular flexibility index (Phi) is 2.71. The van der Waals surface area contributed by atoms with Crippen LogP contribution >= 0.6 is 48.4 Å². The second kappa shape index (κ2) is 3.58. The number of hydrogen-bond acceptors (Lipinski definition) is 6. The van der Waals surface area contributed by atoms with Crippen LogP contribution in [0.15, 0.2) is 0 Å². The van der Waals surface area contributed by atoms with E-state index in [4.69, 9.17) is 12.2 Å². The van der Waals surface area contributed by atoms with E-state index in [1.165, 1.54) is 28.4 Å². The van der Waals surface area contributed by atoms with Gasteiger partial charge in [-0.05, 0) is 0 Å². The molecule has 76 valence electrons. The molecule has 0 aromatic carbocycles. The summed E-state index contributed by atoms with van der Waals surface area (Å²) in [4.78, 5) is 23.9. The molecule has 0 aliphatic carbocycles. The first-order valence-electron chi connectivity index (χ1n) is 3.70. The topological polar surface area (TPSA) is 49.4 Å². The highest BCUT2D eigenvalue weighted by Gasteiger charge is 2.47. The molecule has 4 nitrogen and oxygen atoms in total. The first kappa shape index (κ1) is 10.6. The second-order valence-electron chi connectivity index (χ2n) is 2.73. The minimum Gasteiger partial charge on any atom is -0.315 e. The number of thiol groups is 1. The Balaban J connectivity index is 2.25. The molecule has 2 fully saturated rings. The van der Waals surface area contributed by atoms with E-state index in [-0.39, 0.29) is 11.8 Å². The van der Waals surface area contributed by atoms with Crippen LogP contribution in [0, 0.1) is 0 Å². The van der Waals surface area contributed by atoms with E-state index in [1.807, 2.05) is 0 Å². The third-order valence-electron chi connectivity index (χ3n) is 1.76. The average Bonchev–Trinajstić information content (AvgIpc) is 2.58. The van der Waals surface area contributed by atoms with Crippen molar-refractivity contribution < 1.29 is 9.59 Å². The van der Waals surface area contributed by atoms with Gasteiger partial charge in [0.2, 0.25) is 16.1 Å². The van der Waals surface area contributed by atoms with Gasteiger partial charge in [-0.3, -0.25) is 14.5 Å². The van der Waals surface area contributed by atoms with Gasteiger partial charge in [-0.15, -0.1) is 12.6 Å². The molecule has 8 heteroatoms. The number of hydrogen-bond donors (Lipinski definition) is 2. The summed E-state index contributed by atoms with van der Waals surface area (Å²) in [6.45, 7) is 0. The van der Waals surface area contributed by atoms with Crippen LogP contribution in [0.25, 0.3) is 0 Å². The third-order valence-corrected chi connectivity index (χ3v) is 4.91. The van der Waals surface area contributed by atoms with Gasteiger partial charge >= 0.3 is 0 Å². The van der Waals surface area contributed by atoms with Crippen LogP contribution in [0.1, 0.15) is 0 Å². The number of thioether (sulfide) groups is 2. The zero-order valence-corrected chi connectivity index (χ0v) is 10.2. The quantitative estimate of drug-likeness (QED) is 0.526. The number of nitrogens with zero attached hydrogens (tertiary/aromatic N) is 1. The van der Waals surface area contributed by atoms with E-state index in [0.29, 0.717) is 15.8 Å². The number of amides is 2. The van der Waals surface area contributed by atoms with Crippen LogP contribution in [-0.2, 0) is 9.59 Å². The lowest BCUT2D eigenvalue weighted by Crippen LogP contribution is -2.52. The molecule has 0 bridgehead atoms. The van der Waals surface area contributed by atoms with Crippen LogP contribution in [-0.4, -0.2) is 36.9 Å². The fraction of sp³-hybridized carbons (Fsp3) is 0.500. The van der Waals surface area contributed by atoms with Crippen molar-refractivity contribution >= 4 is 64.5 Å². The molecule has 2 heterocycles. The summed E-state index contributed by atoms with van der Waals surface area (Å²) in [5.41, 5.74) is 0. The first-order valence-corrected chi connectivity index (χ1v) is 6.53. The maximum Gasteiger partial charge on any atom is 0.241 e. The van der Waals surface area contributed by atoms with Gasteiger partial charge in [0.15, 0.2) is 0 Å². The molecule has 2 rings (SSSR count). The largest absolute Gasteiger partial charge is 0.315 e. The average molecular weight is 266 g/mol. The maximum absolute atomic E-state index is 11.5. The number of nitrogens with one attached hydrogen (secondary N) is 1. The minimum absolute atomic E-state index is 0.107. The molecule has 0 aromatic rings. The fourth-order valence-electron chi connectivity index (χ4n) is 1.19. The predicted molar refractivity (Wildman–Crippen MR) is 64.2 cm³/mol. The van der Waals surface area contributed by atoms with E-state index in [1.54, 1.807) is 0 Å². The van der Waals surface area contributed by atoms with Crippen molar-refractivity contribution in [1.82, 2.24) is 10.2 Å². The highest BCUT2D eigenvalue weighted by molar-refractivity contribution is 8.24. The van der Waals surface area contributed by atoms with Gasteiger partial charge in [-0.2, -0.15) is 0 Å². The van der Waals surface area contributed by atoms with Crippen LogP contribution in [0.3, 0.4) is 0 Å².